The van der Waals surface area contributed by atoms with Crippen LogP contribution in [0.3, 0.4) is 0 Å². The molecule has 0 spiro atoms. The molecule has 0 radical (unpaired) electrons. The molecule has 0 bridgehead atoms. The molecule has 1 aromatic heterocycles. The van der Waals surface area contributed by atoms with Gasteiger partial charge in [0.1, 0.15) is 12.4 Å². The van der Waals surface area contributed by atoms with Gasteiger partial charge in [0, 0.05) is 19.3 Å². The van der Waals surface area contributed by atoms with E-state index in [-0.39, 0.29) is 30.2 Å². The van der Waals surface area contributed by atoms with Crippen LogP contribution in [-0.4, -0.2) is 41.0 Å². The maximum absolute atomic E-state index is 13.4. The lowest BCUT2D eigenvalue weighted by Crippen LogP contribution is -2.42. The fourth-order valence-electron chi connectivity index (χ4n) is 3.17. The molecule has 128 valence electrons. The van der Waals surface area contributed by atoms with Crippen molar-refractivity contribution in [1.82, 2.24) is 9.47 Å². The first kappa shape index (κ1) is 16.5. The van der Waals surface area contributed by atoms with Crippen LogP contribution in [0.5, 0.6) is 0 Å². The smallest absolute Gasteiger partial charge is 0.309 e. The van der Waals surface area contributed by atoms with Crippen LogP contribution in [0.4, 0.5) is 4.39 Å². The number of rotatable bonds is 4. The number of piperidine rings is 1. The zero-order chi connectivity index (χ0) is 17.1. The molecule has 0 atom stereocenters. The first-order chi connectivity index (χ1) is 11.6. The molecule has 0 N–H and O–H groups in total. The lowest BCUT2D eigenvalue weighted by atomic mass is 9.97. The topological polar surface area (TPSA) is 51.5 Å². The van der Waals surface area contributed by atoms with Gasteiger partial charge in [-0.15, -0.1) is 0 Å². The Bertz CT molecular complexity index is 748. The highest BCUT2D eigenvalue weighted by Crippen LogP contribution is 2.21. The summed E-state index contributed by atoms with van der Waals surface area (Å²) in [6.07, 6.45) is 3.06. The number of ether oxygens (including phenoxy) is 1. The highest BCUT2D eigenvalue weighted by atomic mass is 19.1. The SMILES string of the molecule is CCOC(=O)C1CCN(C(=O)Cn2ccc3ccc(F)cc32)CC1. The van der Waals surface area contributed by atoms with E-state index < -0.39 is 0 Å². The van der Waals surface area contributed by atoms with Crippen LogP contribution in [0.1, 0.15) is 19.8 Å². The number of aromatic nitrogens is 1. The third-order valence-corrected chi connectivity index (χ3v) is 4.51. The van der Waals surface area contributed by atoms with E-state index in [0.717, 1.165) is 5.39 Å². The Morgan fingerprint density at radius 2 is 2.00 bits per heavy atom. The van der Waals surface area contributed by atoms with Crippen LogP contribution in [-0.2, 0) is 20.9 Å². The zero-order valence-corrected chi connectivity index (χ0v) is 13.7. The summed E-state index contributed by atoms with van der Waals surface area (Å²) in [4.78, 5) is 26.0. The minimum absolute atomic E-state index is 0.0147. The maximum Gasteiger partial charge on any atom is 0.309 e. The van der Waals surface area contributed by atoms with Gasteiger partial charge < -0.3 is 14.2 Å². The molecular formula is C18H21FN2O3. The average molecular weight is 332 g/mol. The molecule has 6 heteroatoms. The highest BCUT2D eigenvalue weighted by Gasteiger charge is 2.28. The number of esters is 1. The Balaban J connectivity index is 1.61. The Morgan fingerprint density at radius 3 is 2.71 bits per heavy atom. The highest BCUT2D eigenvalue weighted by molar-refractivity contribution is 5.83. The molecule has 2 heterocycles. The van der Waals surface area contributed by atoms with Crippen molar-refractivity contribution < 1.29 is 18.7 Å². The number of nitrogens with zero attached hydrogens (tertiary/aromatic N) is 2. The van der Waals surface area contributed by atoms with E-state index in [4.69, 9.17) is 4.74 Å². The van der Waals surface area contributed by atoms with Gasteiger partial charge >= 0.3 is 5.97 Å². The summed E-state index contributed by atoms with van der Waals surface area (Å²) in [5, 5.41) is 0.908. The molecule has 0 saturated carbocycles. The fraction of sp³-hybridized carbons (Fsp3) is 0.444. The Hall–Kier alpha value is -2.37. The monoisotopic (exact) mass is 332 g/mol. The molecule has 0 aliphatic carbocycles. The van der Waals surface area contributed by atoms with E-state index in [2.05, 4.69) is 0 Å². The summed E-state index contributed by atoms with van der Waals surface area (Å²) in [5.74, 6) is -0.615. The lowest BCUT2D eigenvalue weighted by molar-refractivity contribution is -0.151. The maximum atomic E-state index is 13.4. The number of hydrogen-bond donors (Lipinski definition) is 0. The molecule has 24 heavy (non-hydrogen) atoms. The van der Waals surface area contributed by atoms with Crippen LogP contribution in [0, 0.1) is 11.7 Å². The van der Waals surface area contributed by atoms with Crippen molar-refractivity contribution in [3.05, 3.63) is 36.3 Å². The van der Waals surface area contributed by atoms with E-state index in [0.29, 0.717) is 38.1 Å². The van der Waals surface area contributed by atoms with Gasteiger partial charge in [0.05, 0.1) is 18.0 Å². The second-order valence-electron chi connectivity index (χ2n) is 6.05. The quantitative estimate of drug-likeness (QED) is 0.809. The second-order valence-corrected chi connectivity index (χ2v) is 6.05. The molecule has 2 aromatic rings. The number of carbonyl (C=O) groups excluding carboxylic acids is 2. The number of carbonyl (C=O) groups is 2. The number of likely N-dealkylation sites (tertiary alicyclic amines) is 1. The molecular weight excluding hydrogens is 311 g/mol. The lowest BCUT2D eigenvalue weighted by Gasteiger charge is -2.31. The van der Waals surface area contributed by atoms with Crippen LogP contribution >= 0.6 is 0 Å². The number of fused-ring (bicyclic) bond motifs is 1. The van der Waals surface area contributed by atoms with Crippen molar-refractivity contribution in [3.8, 4) is 0 Å². The molecule has 5 nitrogen and oxygen atoms in total. The van der Waals surface area contributed by atoms with Crippen molar-refractivity contribution in [1.29, 1.82) is 0 Å². The summed E-state index contributed by atoms with van der Waals surface area (Å²) in [6, 6.07) is 6.43. The van der Waals surface area contributed by atoms with Crippen LogP contribution < -0.4 is 0 Å². The summed E-state index contributed by atoms with van der Waals surface area (Å²) in [7, 11) is 0. The van der Waals surface area contributed by atoms with E-state index in [9.17, 15) is 14.0 Å². The van der Waals surface area contributed by atoms with E-state index >= 15 is 0 Å². The third-order valence-electron chi connectivity index (χ3n) is 4.51. The minimum Gasteiger partial charge on any atom is -0.466 e. The van der Waals surface area contributed by atoms with Gasteiger partial charge in [-0.25, -0.2) is 4.39 Å². The first-order valence-electron chi connectivity index (χ1n) is 8.27. The zero-order valence-electron chi connectivity index (χ0n) is 13.7. The Kier molecular flexibility index (Phi) is 4.83. The van der Waals surface area contributed by atoms with Gasteiger partial charge in [-0.3, -0.25) is 9.59 Å². The third kappa shape index (κ3) is 3.42. The Labute approximate surface area is 140 Å². The van der Waals surface area contributed by atoms with Gasteiger partial charge in [-0.05, 0) is 49.4 Å². The molecule has 1 amide bonds. The van der Waals surface area contributed by atoms with E-state index in [1.807, 2.05) is 6.07 Å². The molecule has 3 rings (SSSR count). The molecule has 0 unspecified atom stereocenters. The standard InChI is InChI=1S/C18H21FN2O3/c1-2-24-18(23)14-6-8-20(9-7-14)17(22)12-21-10-5-13-3-4-15(19)11-16(13)21/h3-5,10-11,14H,2,6-9,12H2,1H3. The van der Waals surface area contributed by atoms with Crippen LogP contribution in [0.25, 0.3) is 10.9 Å². The van der Waals surface area contributed by atoms with Gasteiger partial charge in [-0.1, -0.05) is 0 Å². The predicted octanol–water partition coefficient (Wildman–Crippen LogP) is 2.58. The summed E-state index contributed by atoms with van der Waals surface area (Å²) < 4.78 is 20.2. The Morgan fingerprint density at radius 1 is 1.25 bits per heavy atom. The number of amides is 1. The van der Waals surface area contributed by atoms with Crippen molar-refractivity contribution in [2.24, 2.45) is 5.92 Å². The second kappa shape index (κ2) is 7.03. The summed E-state index contributed by atoms with van der Waals surface area (Å²) in [6.45, 7) is 3.46. The van der Waals surface area contributed by atoms with E-state index in [1.165, 1.54) is 12.1 Å². The number of hydrogen-bond acceptors (Lipinski definition) is 3. The minimum atomic E-state index is -0.315. The fourth-order valence-corrected chi connectivity index (χ4v) is 3.17. The van der Waals surface area contributed by atoms with Crippen LogP contribution in [0.15, 0.2) is 30.5 Å². The number of benzene rings is 1. The van der Waals surface area contributed by atoms with Gasteiger partial charge in [0.15, 0.2) is 0 Å². The van der Waals surface area contributed by atoms with Gasteiger partial charge in [0.25, 0.3) is 0 Å². The van der Waals surface area contributed by atoms with Crippen molar-refractivity contribution >= 4 is 22.8 Å². The average Bonchev–Trinajstić information content (AvgIpc) is 2.97. The van der Waals surface area contributed by atoms with E-state index in [1.54, 1.807) is 28.7 Å². The molecule has 1 aliphatic rings. The molecule has 1 aromatic carbocycles. The molecule has 1 saturated heterocycles. The number of halogens is 1. The normalized spacial score (nSPS) is 15.7. The van der Waals surface area contributed by atoms with Gasteiger partial charge in [0.2, 0.25) is 5.91 Å². The first-order valence-corrected chi connectivity index (χ1v) is 8.27. The predicted molar refractivity (Wildman–Crippen MR) is 87.8 cm³/mol. The largest absolute Gasteiger partial charge is 0.466 e. The molecule has 1 aliphatic heterocycles. The molecule has 1 fully saturated rings. The van der Waals surface area contributed by atoms with Crippen molar-refractivity contribution in [2.45, 2.75) is 26.3 Å². The van der Waals surface area contributed by atoms with Crippen molar-refractivity contribution in [3.63, 3.8) is 0 Å². The summed E-state index contributed by atoms with van der Waals surface area (Å²) >= 11 is 0. The van der Waals surface area contributed by atoms with Crippen LogP contribution in [0.2, 0.25) is 0 Å². The van der Waals surface area contributed by atoms with Gasteiger partial charge in [-0.2, -0.15) is 0 Å². The summed E-state index contributed by atoms with van der Waals surface area (Å²) in [5.41, 5.74) is 0.713. The van der Waals surface area contributed by atoms with Crippen molar-refractivity contribution in [2.75, 3.05) is 19.7 Å².